The molecule has 108 valence electrons. The minimum Gasteiger partial charge on any atom is -0.350 e. The summed E-state index contributed by atoms with van der Waals surface area (Å²) >= 11 is 5.70. The van der Waals surface area contributed by atoms with Gasteiger partial charge in [0.15, 0.2) is 23.3 Å². The highest BCUT2D eigenvalue weighted by Gasteiger charge is 2.25. The summed E-state index contributed by atoms with van der Waals surface area (Å²) in [7, 11) is 0. The van der Waals surface area contributed by atoms with Crippen molar-refractivity contribution in [2.75, 3.05) is 5.32 Å². The lowest BCUT2D eigenvalue weighted by atomic mass is 10.2. The predicted octanol–water partition coefficient (Wildman–Crippen LogP) is 4.65. The Morgan fingerprint density at radius 3 is 1.90 bits per heavy atom. The monoisotopic (exact) mass is 318 g/mol. The molecule has 0 amide bonds. The van der Waals surface area contributed by atoms with E-state index < -0.39 is 34.8 Å². The van der Waals surface area contributed by atoms with Crippen molar-refractivity contribution in [1.82, 2.24) is 0 Å². The van der Waals surface area contributed by atoms with Crippen LogP contribution < -0.4 is 5.32 Å². The Bertz CT molecular complexity index is 741. The Kier molecular flexibility index (Phi) is 4.00. The highest BCUT2D eigenvalue weighted by molar-refractivity contribution is 6.32. The average Bonchev–Trinajstić information content (AvgIpc) is 2.48. The molecule has 0 fully saturated rings. The van der Waals surface area contributed by atoms with E-state index in [1.807, 2.05) is 0 Å². The van der Waals surface area contributed by atoms with E-state index in [4.69, 9.17) is 16.9 Å². The standard InChI is InChI=1S/C13H4ClF5N2/c14-7-3-6(2-1-5(7)4-20)21-13-11(18)9(16)8(15)10(17)12(13)19/h1-3,21H. The first-order chi connectivity index (χ1) is 9.86. The molecule has 2 rings (SSSR count). The number of anilines is 2. The zero-order valence-electron chi connectivity index (χ0n) is 9.95. The molecule has 0 aliphatic heterocycles. The van der Waals surface area contributed by atoms with Gasteiger partial charge in [-0.25, -0.2) is 22.0 Å². The second-order valence-corrected chi connectivity index (χ2v) is 4.28. The highest BCUT2D eigenvalue weighted by Crippen LogP contribution is 2.30. The molecule has 0 heterocycles. The molecule has 0 aliphatic rings. The maximum absolute atomic E-state index is 13.5. The summed E-state index contributed by atoms with van der Waals surface area (Å²) in [5.41, 5.74) is -1.14. The molecule has 0 unspecified atom stereocenters. The van der Waals surface area contributed by atoms with Crippen molar-refractivity contribution in [3.05, 3.63) is 57.9 Å². The Morgan fingerprint density at radius 2 is 1.43 bits per heavy atom. The third-order valence-electron chi connectivity index (χ3n) is 2.57. The van der Waals surface area contributed by atoms with E-state index >= 15 is 0 Å². The molecular weight excluding hydrogens is 315 g/mol. The van der Waals surface area contributed by atoms with Crippen LogP contribution in [0.25, 0.3) is 0 Å². The summed E-state index contributed by atoms with van der Waals surface area (Å²) in [6.45, 7) is 0. The molecule has 8 heteroatoms. The predicted molar refractivity (Wildman–Crippen MR) is 65.7 cm³/mol. The zero-order chi connectivity index (χ0) is 15.7. The third kappa shape index (κ3) is 2.62. The van der Waals surface area contributed by atoms with Gasteiger partial charge in [-0.15, -0.1) is 0 Å². The van der Waals surface area contributed by atoms with Gasteiger partial charge in [-0.3, -0.25) is 0 Å². The van der Waals surface area contributed by atoms with E-state index in [2.05, 4.69) is 5.32 Å². The quantitative estimate of drug-likeness (QED) is 0.497. The SMILES string of the molecule is N#Cc1ccc(Nc2c(F)c(F)c(F)c(F)c2F)cc1Cl. The molecule has 2 aromatic carbocycles. The fourth-order valence-electron chi connectivity index (χ4n) is 1.54. The molecule has 0 saturated heterocycles. The molecule has 0 atom stereocenters. The lowest BCUT2D eigenvalue weighted by molar-refractivity contribution is 0.382. The summed E-state index contributed by atoms with van der Waals surface area (Å²) in [5.74, 6) is -10.3. The van der Waals surface area contributed by atoms with Gasteiger partial charge >= 0.3 is 0 Å². The van der Waals surface area contributed by atoms with Crippen molar-refractivity contribution in [1.29, 1.82) is 5.26 Å². The van der Waals surface area contributed by atoms with E-state index in [1.54, 1.807) is 6.07 Å². The van der Waals surface area contributed by atoms with Crippen molar-refractivity contribution in [2.45, 2.75) is 0 Å². The molecule has 0 bridgehead atoms. The van der Waals surface area contributed by atoms with Gasteiger partial charge in [0, 0.05) is 5.69 Å². The molecule has 2 nitrogen and oxygen atoms in total. The molecule has 0 spiro atoms. The van der Waals surface area contributed by atoms with Crippen LogP contribution in [0.4, 0.5) is 33.3 Å². The van der Waals surface area contributed by atoms with Crippen LogP contribution in [0, 0.1) is 40.4 Å². The van der Waals surface area contributed by atoms with E-state index in [0.29, 0.717) is 0 Å². The van der Waals surface area contributed by atoms with Crippen LogP contribution in [0.5, 0.6) is 0 Å². The number of rotatable bonds is 2. The summed E-state index contributed by atoms with van der Waals surface area (Å²) in [5, 5.41) is 10.7. The van der Waals surface area contributed by atoms with E-state index in [1.165, 1.54) is 12.1 Å². The van der Waals surface area contributed by atoms with Gasteiger partial charge in [-0.2, -0.15) is 5.26 Å². The van der Waals surface area contributed by atoms with E-state index in [-0.39, 0.29) is 16.3 Å². The molecule has 2 aromatic rings. The maximum atomic E-state index is 13.5. The molecule has 1 N–H and O–H groups in total. The second kappa shape index (κ2) is 5.58. The molecular formula is C13H4ClF5N2. The lowest BCUT2D eigenvalue weighted by Crippen LogP contribution is -2.06. The summed E-state index contributed by atoms with van der Waals surface area (Å²) in [6, 6.07) is 5.32. The van der Waals surface area contributed by atoms with Crippen molar-refractivity contribution in [2.24, 2.45) is 0 Å². The van der Waals surface area contributed by atoms with Gasteiger partial charge in [0.1, 0.15) is 11.8 Å². The van der Waals surface area contributed by atoms with Crippen LogP contribution in [-0.2, 0) is 0 Å². The minimum absolute atomic E-state index is 0.0358. The van der Waals surface area contributed by atoms with Crippen LogP contribution >= 0.6 is 11.6 Å². The fraction of sp³-hybridized carbons (Fsp3) is 0. The Hall–Kier alpha value is -2.33. The summed E-state index contributed by atoms with van der Waals surface area (Å²) in [6.07, 6.45) is 0. The Balaban J connectivity index is 2.50. The number of hydrogen-bond donors (Lipinski definition) is 1. The topological polar surface area (TPSA) is 35.8 Å². The first-order valence-electron chi connectivity index (χ1n) is 5.35. The largest absolute Gasteiger partial charge is 0.350 e. The van der Waals surface area contributed by atoms with Crippen LogP contribution in [-0.4, -0.2) is 0 Å². The normalized spacial score (nSPS) is 10.3. The second-order valence-electron chi connectivity index (χ2n) is 3.88. The molecule has 0 radical (unpaired) electrons. The third-order valence-corrected chi connectivity index (χ3v) is 2.88. The number of nitrogens with one attached hydrogen (secondary N) is 1. The summed E-state index contributed by atoms with van der Waals surface area (Å²) < 4.78 is 65.9. The van der Waals surface area contributed by atoms with E-state index in [0.717, 1.165) is 6.07 Å². The maximum Gasteiger partial charge on any atom is 0.200 e. The van der Waals surface area contributed by atoms with Crippen molar-refractivity contribution in [3.63, 3.8) is 0 Å². The van der Waals surface area contributed by atoms with Crippen molar-refractivity contribution in [3.8, 4) is 6.07 Å². The first kappa shape index (κ1) is 15.1. The molecule has 21 heavy (non-hydrogen) atoms. The minimum atomic E-state index is -2.24. The van der Waals surface area contributed by atoms with Gasteiger partial charge in [0.25, 0.3) is 0 Å². The molecule has 0 aromatic heterocycles. The Labute approximate surface area is 120 Å². The lowest BCUT2D eigenvalue weighted by Gasteiger charge is -2.11. The van der Waals surface area contributed by atoms with Crippen molar-refractivity contribution < 1.29 is 22.0 Å². The van der Waals surface area contributed by atoms with Gasteiger partial charge < -0.3 is 5.32 Å². The molecule has 0 aliphatic carbocycles. The first-order valence-corrected chi connectivity index (χ1v) is 5.72. The smallest absolute Gasteiger partial charge is 0.200 e. The number of nitriles is 1. The molecule has 0 saturated carbocycles. The van der Waals surface area contributed by atoms with Gasteiger partial charge in [0.2, 0.25) is 5.82 Å². The Morgan fingerprint density at radius 1 is 0.905 bits per heavy atom. The van der Waals surface area contributed by atoms with Gasteiger partial charge in [0.05, 0.1) is 10.6 Å². The van der Waals surface area contributed by atoms with Crippen molar-refractivity contribution >= 4 is 23.0 Å². The number of halogens is 6. The van der Waals surface area contributed by atoms with Crippen LogP contribution in [0.1, 0.15) is 5.56 Å². The summed E-state index contributed by atoms with van der Waals surface area (Å²) in [4.78, 5) is 0. The highest BCUT2D eigenvalue weighted by atomic mass is 35.5. The average molecular weight is 319 g/mol. The van der Waals surface area contributed by atoms with Crippen LogP contribution in [0.2, 0.25) is 5.02 Å². The van der Waals surface area contributed by atoms with Gasteiger partial charge in [-0.05, 0) is 18.2 Å². The fourth-order valence-corrected chi connectivity index (χ4v) is 1.77. The van der Waals surface area contributed by atoms with Gasteiger partial charge in [-0.1, -0.05) is 11.6 Å². The van der Waals surface area contributed by atoms with E-state index in [9.17, 15) is 22.0 Å². The van der Waals surface area contributed by atoms with Crippen LogP contribution in [0.3, 0.4) is 0 Å². The number of hydrogen-bond acceptors (Lipinski definition) is 2. The number of nitrogens with zero attached hydrogens (tertiary/aromatic N) is 1. The number of benzene rings is 2. The zero-order valence-corrected chi connectivity index (χ0v) is 10.7. The van der Waals surface area contributed by atoms with Crippen LogP contribution in [0.15, 0.2) is 18.2 Å².